The fraction of sp³-hybridized carbons (Fsp3) is 0.176. The van der Waals surface area contributed by atoms with Crippen molar-refractivity contribution in [3.8, 4) is 6.07 Å². The van der Waals surface area contributed by atoms with E-state index in [9.17, 15) is 8.42 Å². The maximum absolute atomic E-state index is 11.3. The van der Waals surface area contributed by atoms with Gasteiger partial charge in [-0.1, -0.05) is 12.1 Å². The molecule has 0 bridgehead atoms. The van der Waals surface area contributed by atoms with Crippen molar-refractivity contribution in [1.82, 2.24) is 4.98 Å². The van der Waals surface area contributed by atoms with E-state index in [1.165, 1.54) is 17.8 Å². The largest absolute Gasteiger partial charge is 0.255 e. The number of hydrogen-bond acceptors (Lipinski definition) is 4. The van der Waals surface area contributed by atoms with Gasteiger partial charge in [0.1, 0.15) is 4.90 Å². The standard InChI is InChI=1S/C17H15N3O2S/c18-10-12-4-6-13(7-5-12)15-2-1-3-16(15)17-9-8-14(11-20-17)23(19,21)22/h4-9,11H,1-3H2,(H2,19,21,22). The minimum atomic E-state index is -3.73. The Kier molecular flexibility index (Phi) is 3.99. The second-order valence-electron chi connectivity index (χ2n) is 5.42. The second-order valence-corrected chi connectivity index (χ2v) is 6.99. The summed E-state index contributed by atoms with van der Waals surface area (Å²) in [6.07, 6.45) is 4.17. The summed E-state index contributed by atoms with van der Waals surface area (Å²) in [5.41, 5.74) is 4.80. The molecule has 1 aliphatic rings. The molecule has 0 aliphatic heterocycles. The van der Waals surface area contributed by atoms with E-state index in [1.807, 2.05) is 12.1 Å². The number of rotatable bonds is 3. The fourth-order valence-corrected chi connectivity index (χ4v) is 3.28. The predicted molar refractivity (Wildman–Crippen MR) is 87.4 cm³/mol. The van der Waals surface area contributed by atoms with Crippen LogP contribution in [0.3, 0.4) is 0 Å². The number of sulfonamides is 1. The molecular formula is C17H15N3O2S. The molecule has 0 unspecified atom stereocenters. The van der Waals surface area contributed by atoms with Crippen LogP contribution < -0.4 is 5.14 Å². The molecule has 0 radical (unpaired) electrons. The molecule has 0 spiro atoms. The molecule has 6 heteroatoms. The summed E-state index contributed by atoms with van der Waals surface area (Å²) < 4.78 is 22.6. The van der Waals surface area contributed by atoms with Gasteiger partial charge >= 0.3 is 0 Å². The first kappa shape index (κ1) is 15.4. The minimum Gasteiger partial charge on any atom is -0.255 e. The molecule has 3 rings (SSSR count). The van der Waals surface area contributed by atoms with E-state index >= 15 is 0 Å². The van der Waals surface area contributed by atoms with Gasteiger partial charge in [0.05, 0.1) is 17.3 Å². The number of nitriles is 1. The summed E-state index contributed by atoms with van der Waals surface area (Å²) in [6.45, 7) is 0. The molecule has 0 atom stereocenters. The molecule has 116 valence electrons. The molecule has 2 N–H and O–H groups in total. The lowest BCUT2D eigenvalue weighted by Crippen LogP contribution is -2.12. The Labute approximate surface area is 135 Å². The van der Waals surface area contributed by atoms with Gasteiger partial charge in [-0.05, 0) is 60.2 Å². The normalized spacial score (nSPS) is 14.8. The third-order valence-corrected chi connectivity index (χ3v) is 4.85. The highest BCUT2D eigenvalue weighted by Crippen LogP contribution is 2.39. The Morgan fingerprint density at radius 1 is 1.04 bits per heavy atom. The summed E-state index contributed by atoms with van der Waals surface area (Å²) in [7, 11) is -3.73. The van der Waals surface area contributed by atoms with Crippen LogP contribution in [0.5, 0.6) is 0 Å². The highest BCUT2D eigenvalue weighted by molar-refractivity contribution is 7.89. The van der Waals surface area contributed by atoms with Gasteiger partial charge in [0, 0.05) is 6.20 Å². The van der Waals surface area contributed by atoms with Crippen molar-refractivity contribution >= 4 is 21.2 Å². The lowest BCUT2D eigenvalue weighted by atomic mass is 9.99. The van der Waals surface area contributed by atoms with Crippen molar-refractivity contribution in [2.45, 2.75) is 24.2 Å². The van der Waals surface area contributed by atoms with E-state index in [0.29, 0.717) is 5.56 Å². The van der Waals surface area contributed by atoms with Crippen LogP contribution in [0.25, 0.3) is 11.1 Å². The first-order chi connectivity index (χ1) is 11.0. The molecule has 1 aliphatic carbocycles. The summed E-state index contributed by atoms with van der Waals surface area (Å²) >= 11 is 0. The summed E-state index contributed by atoms with van der Waals surface area (Å²) in [5.74, 6) is 0. The van der Waals surface area contributed by atoms with Gasteiger partial charge in [0.15, 0.2) is 0 Å². The molecule has 2 aromatic rings. The Morgan fingerprint density at radius 2 is 1.74 bits per heavy atom. The van der Waals surface area contributed by atoms with Crippen molar-refractivity contribution < 1.29 is 8.42 Å². The average molecular weight is 325 g/mol. The topological polar surface area (TPSA) is 96.8 Å². The number of nitrogens with zero attached hydrogens (tertiary/aromatic N) is 2. The number of primary sulfonamides is 1. The summed E-state index contributed by atoms with van der Waals surface area (Å²) in [6, 6.07) is 12.8. The Hall–Kier alpha value is -2.49. The SMILES string of the molecule is N#Cc1ccc(C2=C(c3ccc(S(N)(=O)=O)cn3)CCC2)cc1. The van der Waals surface area contributed by atoms with Crippen molar-refractivity contribution in [2.24, 2.45) is 5.14 Å². The van der Waals surface area contributed by atoms with Crippen LogP contribution in [0.2, 0.25) is 0 Å². The van der Waals surface area contributed by atoms with Gasteiger partial charge in [0.25, 0.3) is 0 Å². The van der Waals surface area contributed by atoms with Crippen molar-refractivity contribution in [1.29, 1.82) is 5.26 Å². The number of hydrogen-bond donors (Lipinski definition) is 1. The zero-order chi connectivity index (χ0) is 16.4. The smallest absolute Gasteiger partial charge is 0.239 e. The van der Waals surface area contributed by atoms with Crippen LogP contribution >= 0.6 is 0 Å². The second kappa shape index (κ2) is 5.95. The average Bonchev–Trinajstić information content (AvgIpc) is 3.04. The Balaban J connectivity index is 2.00. The van der Waals surface area contributed by atoms with Crippen LogP contribution in [0.15, 0.2) is 47.5 Å². The van der Waals surface area contributed by atoms with Gasteiger partial charge in [-0.25, -0.2) is 13.6 Å². The van der Waals surface area contributed by atoms with E-state index in [-0.39, 0.29) is 4.90 Å². The number of nitrogens with two attached hydrogens (primary N) is 1. The fourth-order valence-electron chi connectivity index (χ4n) is 2.82. The van der Waals surface area contributed by atoms with Crippen LogP contribution in [-0.2, 0) is 10.0 Å². The van der Waals surface area contributed by atoms with E-state index in [4.69, 9.17) is 10.4 Å². The van der Waals surface area contributed by atoms with E-state index in [0.717, 1.165) is 36.1 Å². The first-order valence-electron chi connectivity index (χ1n) is 7.21. The number of allylic oxidation sites excluding steroid dienone is 2. The van der Waals surface area contributed by atoms with Crippen LogP contribution in [0.1, 0.15) is 36.1 Å². The number of benzene rings is 1. The molecular weight excluding hydrogens is 310 g/mol. The lowest BCUT2D eigenvalue weighted by molar-refractivity contribution is 0.597. The maximum Gasteiger partial charge on any atom is 0.239 e. The highest BCUT2D eigenvalue weighted by atomic mass is 32.2. The van der Waals surface area contributed by atoms with Gasteiger partial charge in [-0.3, -0.25) is 4.98 Å². The Morgan fingerprint density at radius 3 is 2.30 bits per heavy atom. The van der Waals surface area contributed by atoms with Crippen molar-refractivity contribution in [2.75, 3.05) is 0 Å². The first-order valence-corrected chi connectivity index (χ1v) is 8.75. The summed E-state index contributed by atoms with van der Waals surface area (Å²) in [4.78, 5) is 4.28. The van der Waals surface area contributed by atoms with Crippen molar-refractivity contribution in [3.63, 3.8) is 0 Å². The molecule has 1 aromatic carbocycles. The van der Waals surface area contributed by atoms with Crippen LogP contribution in [0, 0.1) is 11.3 Å². The maximum atomic E-state index is 11.3. The molecule has 0 amide bonds. The molecule has 1 aromatic heterocycles. The third kappa shape index (κ3) is 3.16. The van der Waals surface area contributed by atoms with Gasteiger partial charge < -0.3 is 0 Å². The number of pyridine rings is 1. The highest BCUT2D eigenvalue weighted by Gasteiger charge is 2.19. The Bertz CT molecular complexity index is 906. The quantitative estimate of drug-likeness (QED) is 0.938. The lowest BCUT2D eigenvalue weighted by Gasteiger charge is -2.08. The van der Waals surface area contributed by atoms with E-state index in [2.05, 4.69) is 11.1 Å². The molecule has 0 saturated carbocycles. The monoisotopic (exact) mass is 325 g/mol. The molecule has 0 fully saturated rings. The molecule has 0 saturated heterocycles. The van der Waals surface area contributed by atoms with Gasteiger partial charge in [-0.2, -0.15) is 5.26 Å². The third-order valence-electron chi connectivity index (χ3n) is 3.95. The minimum absolute atomic E-state index is 0.0137. The van der Waals surface area contributed by atoms with Crippen LogP contribution in [0.4, 0.5) is 0 Å². The van der Waals surface area contributed by atoms with Crippen molar-refractivity contribution in [3.05, 3.63) is 59.4 Å². The van der Waals surface area contributed by atoms with Gasteiger partial charge in [0.2, 0.25) is 10.0 Å². The number of aromatic nitrogens is 1. The molecule has 5 nitrogen and oxygen atoms in total. The molecule has 1 heterocycles. The predicted octanol–water partition coefficient (Wildman–Crippen LogP) is 2.70. The van der Waals surface area contributed by atoms with E-state index in [1.54, 1.807) is 18.2 Å². The molecule has 23 heavy (non-hydrogen) atoms. The van der Waals surface area contributed by atoms with E-state index < -0.39 is 10.0 Å². The van der Waals surface area contributed by atoms with Crippen LogP contribution in [-0.4, -0.2) is 13.4 Å². The zero-order valence-corrected chi connectivity index (χ0v) is 13.2. The van der Waals surface area contributed by atoms with Gasteiger partial charge in [-0.15, -0.1) is 0 Å². The summed E-state index contributed by atoms with van der Waals surface area (Å²) in [5, 5.41) is 14.0. The zero-order valence-electron chi connectivity index (χ0n) is 12.4.